The molecule has 0 aliphatic rings. The van der Waals surface area contributed by atoms with Crippen LogP contribution < -0.4 is 4.74 Å². The van der Waals surface area contributed by atoms with Crippen LogP contribution in [0, 0.1) is 0 Å². The zero-order valence-corrected chi connectivity index (χ0v) is 8.74. The Morgan fingerprint density at radius 1 is 1.33 bits per heavy atom. The van der Waals surface area contributed by atoms with Gasteiger partial charge >= 0.3 is 0 Å². The maximum atomic E-state index is 10.4. The molecule has 76 valence electrons. The molecular weight excluding hydrogens is 210 g/mol. The maximum absolute atomic E-state index is 10.4. The number of aromatic nitrogens is 1. The fourth-order valence-corrected chi connectivity index (χ4v) is 1.72. The van der Waals surface area contributed by atoms with Crippen molar-refractivity contribution in [2.75, 3.05) is 0 Å². The highest BCUT2D eigenvalue weighted by atomic mass is 32.1. The summed E-state index contributed by atoms with van der Waals surface area (Å²) in [7, 11) is 0. The molecule has 1 heterocycles. The second kappa shape index (κ2) is 4.70. The second-order valence-corrected chi connectivity index (χ2v) is 3.75. The van der Waals surface area contributed by atoms with E-state index in [9.17, 15) is 4.79 Å². The molecule has 0 aliphatic heterocycles. The van der Waals surface area contributed by atoms with Gasteiger partial charge < -0.3 is 4.74 Å². The molecule has 0 bridgehead atoms. The molecule has 0 saturated heterocycles. The lowest BCUT2D eigenvalue weighted by molar-refractivity contribution is 0.111. The lowest BCUT2D eigenvalue weighted by Gasteiger charge is -2.01. The van der Waals surface area contributed by atoms with Crippen molar-refractivity contribution in [2.24, 2.45) is 0 Å². The maximum Gasteiger partial charge on any atom is 0.274 e. The highest BCUT2D eigenvalue weighted by Crippen LogP contribution is 2.18. The van der Waals surface area contributed by atoms with E-state index in [1.165, 1.54) is 11.3 Å². The van der Waals surface area contributed by atoms with Crippen LogP contribution in [-0.2, 0) is 6.61 Å². The van der Waals surface area contributed by atoms with Gasteiger partial charge in [0.05, 0.1) is 0 Å². The Balaban J connectivity index is 1.96. The fourth-order valence-electron chi connectivity index (χ4n) is 1.11. The quantitative estimate of drug-likeness (QED) is 0.742. The van der Waals surface area contributed by atoms with E-state index in [1.54, 1.807) is 5.38 Å². The summed E-state index contributed by atoms with van der Waals surface area (Å²) >= 11 is 1.33. The minimum Gasteiger partial charge on any atom is -0.465 e. The average molecular weight is 219 g/mol. The molecule has 2 aromatic rings. The average Bonchev–Trinajstić information content (AvgIpc) is 2.76. The topological polar surface area (TPSA) is 39.2 Å². The number of aldehydes is 1. The van der Waals surface area contributed by atoms with E-state index in [2.05, 4.69) is 4.98 Å². The third kappa shape index (κ3) is 2.63. The first kappa shape index (κ1) is 9.86. The van der Waals surface area contributed by atoms with E-state index in [0.29, 0.717) is 23.8 Å². The first-order valence-corrected chi connectivity index (χ1v) is 5.34. The van der Waals surface area contributed by atoms with Crippen LogP contribution in [0.4, 0.5) is 0 Å². The van der Waals surface area contributed by atoms with Gasteiger partial charge in [0.15, 0.2) is 6.29 Å². The van der Waals surface area contributed by atoms with Gasteiger partial charge in [-0.15, -0.1) is 0 Å². The molecule has 0 aliphatic carbocycles. The van der Waals surface area contributed by atoms with Crippen molar-refractivity contribution in [1.82, 2.24) is 4.98 Å². The summed E-state index contributed by atoms with van der Waals surface area (Å²) < 4.78 is 5.42. The second-order valence-electron chi connectivity index (χ2n) is 2.93. The van der Waals surface area contributed by atoms with Gasteiger partial charge in [0.25, 0.3) is 5.19 Å². The Bertz CT molecular complexity index is 439. The first-order chi connectivity index (χ1) is 7.38. The number of hydrogen-bond acceptors (Lipinski definition) is 4. The summed E-state index contributed by atoms with van der Waals surface area (Å²) in [6, 6.07) is 9.83. The van der Waals surface area contributed by atoms with Crippen LogP contribution >= 0.6 is 11.3 Å². The number of ether oxygens (including phenoxy) is 1. The number of nitrogens with zero attached hydrogens (tertiary/aromatic N) is 1. The summed E-state index contributed by atoms with van der Waals surface area (Å²) in [5.74, 6) is 0. The van der Waals surface area contributed by atoms with Crippen LogP contribution in [0.1, 0.15) is 16.1 Å². The van der Waals surface area contributed by atoms with Crippen LogP contribution in [0.25, 0.3) is 0 Å². The Hall–Kier alpha value is -1.68. The molecule has 3 nitrogen and oxygen atoms in total. The van der Waals surface area contributed by atoms with Gasteiger partial charge in [-0.2, -0.15) is 4.98 Å². The SMILES string of the molecule is O=Cc1csc(OCc2ccccc2)n1. The van der Waals surface area contributed by atoms with E-state index < -0.39 is 0 Å². The zero-order valence-electron chi connectivity index (χ0n) is 7.92. The Labute approximate surface area is 91.4 Å². The third-order valence-corrected chi connectivity index (χ3v) is 2.60. The molecule has 4 heteroatoms. The number of hydrogen-bond donors (Lipinski definition) is 0. The summed E-state index contributed by atoms with van der Waals surface area (Å²) in [5, 5.41) is 2.20. The lowest BCUT2D eigenvalue weighted by atomic mass is 10.2. The number of benzene rings is 1. The number of carbonyl (C=O) groups is 1. The van der Waals surface area contributed by atoms with Gasteiger partial charge in [-0.1, -0.05) is 41.7 Å². The summed E-state index contributed by atoms with van der Waals surface area (Å²) in [5.41, 5.74) is 1.50. The molecule has 0 radical (unpaired) electrons. The van der Waals surface area contributed by atoms with Crippen LogP contribution in [0.2, 0.25) is 0 Å². The van der Waals surface area contributed by atoms with Crippen molar-refractivity contribution in [3.8, 4) is 5.19 Å². The van der Waals surface area contributed by atoms with Gasteiger partial charge in [0.2, 0.25) is 0 Å². The largest absolute Gasteiger partial charge is 0.465 e. The molecule has 1 aromatic heterocycles. The molecule has 0 amide bonds. The van der Waals surface area contributed by atoms with Crippen molar-refractivity contribution in [3.05, 3.63) is 47.0 Å². The standard InChI is InChI=1S/C11H9NO2S/c13-6-10-8-15-11(12-10)14-7-9-4-2-1-3-5-9/h1-6,8H,7H2. The van der Waals surface area contributed by atoms with Gasteiger partial charge in [-0.25, -0.2) is 0 Å². The molecule has 0 saturated carbocycles. The van der Waals surface area contributed by atoms with E-state index in [0.717, 1.165) is 5.56 Å². The van der Waals surface area contributed by atoms with Crippen LogP contribution in [0.15, 0.2) is 35.7 Å². The highest BCUT2D eigenvalue weighted by Gasteiger charge is 2.01. The monoisotopic (exact) mass is 219 g/mol. The van der Waals surface area contributed by atoms with Gasteiger partial charge in [-0.3, -0.25) is 4.79 Å². The minimum atomic E-state index is 0.420. The molecular formula is C11H9NO2S. The molecule has 15 heavy (non-hydrogen) atoms. The molecule has 1 aromatic carbocycles. The predicted octanol–water partition coefficient (Wildman–Crippen LogP) is 2.53. The molecule has 2 rings (SSSR count). The van der Waals surface area contributed by atoms with Crippen molar-refractivity contribution >= 4 is 17.6 Å². The smallest absolute Gasteiger partial charge is 0.274 e. The van der Waals surface area contributed by atoms with Crippen molar-refractivity contribution in [1.29, 1.82) is 0 Å². The van der Waals surface area contributed by atoms with E-state index in [1.807, 2.05) is 30.3 Å². The number of rotatable bonds is 4. The van der Waals surface area contributed by atoms with Crippen LogP contribution in [0.5, 0.6) is 5.19 Å². The number of carbonyl (C=O) groups excluding carboxylic acids is 1. The summed E-state index contributed by atoms with van der Waals surface area (Å²) in [6.45, 7) is 0.479. The lowest BCUT2D eigenvalue weighted by Crippen LogP contribution is -1.94. The third-order valence-electron chi connectivity index (χ3n) is 1.83. The van der Waals surface area contributed by atoms with Crippen LogP contribution in [-0.4, -0.2) is 11.3 Å². The molecule has 0 N–H and O–H groups in total. The molecule has 0 spiro atoms. The molecule has 0 atom stereocenters. The van der Waals surface area contributed by atoms with Crippen molar-refractivity contribution in [3.63, 3.8) is 0 Å². The van der Waals surface area contributed by atoms with Crippen molar-refractivity contribution in [2.45, 2.75) is 6.61 Å². The summed E-state index contributed by atoms with van der Waals surface area (Å²) in [4.78, 5) is 14.4. The summed E-state index contributed by atoms with van der Waals surface area (Å²) in [6.07, 6.45) is 0.714. The zero-order chi connectivity index (χ0) is 10.5. The van der Waals surface area contributed by atoms with Gasteiger partial charge in [0, 0.05) is 5.38 Å². The van der Waals surface area contributed by atoms with E-state index >= 15 is 0 Å². The number of thiazole rings is 1. The normalized spacial score (nSPS) is 9.87. The predicted molar refractivity (Wildman–Crippen MR) is 58.3 cm³/mol. The van der Waals surface area contributed by atoms with E-state index in [4.69, 9.17) is 4.74 Å². The van der Waals surface area contributed by atoms with Crippen molar-refractivity contribution < 1.29 is 9.53 Å². The highest BCUT2D eigenvalue weighted by molar-refractivity contribution is 7.11. The Kier molecular flexibility index (Phi) is 3.09. The minimum absolute atomic E-state index is 0.420. The first-order valence-electron chi connectivity index (χ1n) is 4.46. The fraction of sp³-hybridized carbons (Fsp3) is 0.0909. The Morgan fingerprint density at radius 2 is 2.13 bits per heavy atom. The molecule has 0 unspecified atom stereocenters. The van der Waals surface area contributed by atoms with Gasteiger partial charge in [-0.05, 0) is 5.56 Å². The molecule has 0 fully saturated rings. The van der Waals surface area contributed by atoms with Crippen LogP contribution in [0.3, 0.4) is 0 Å². The Morgan fingerprint density at radius 3 is 2.80 bits per heavy atom. The van der Waals surface area contributed by atoms with E-state index in [-0.39, 0.29) is 0 Å². The van der Waals surface area contributed by atoms with Gasteiger partial charge in [0.1, 0.15) is 12.3 Å².